The average molecular weight is 328 g/mol. The predicted molar refractivity (Wildman–Crippen MR) is 101 cm³/mol. The summed E-state index contributed by atoms with van der Waals surface area (Å²) in [6.45, 7) is 4.38. The van der Waals surface area contributed by atoms with Crippen molar-refractivity contribution in [3.8, 4) is 5.69 Å². The fraction of sp³-hybridized carbons (Fsp3) is 0.150. The molecule has 0 amide bonds. The first-order valence-electron chi connectivity index (χ1n) is 8.39. The maximum atomic E-state index is 9.80. The SMILES string of the molecule is CC1(C)c2ccccc2-n2c3cnccc3c3cc(B(O)O)cc1c32. The molecule has 1 aliphatic rings. The quantitative estimate of drug-likeness (QED) is 0.528. The molecule has 0 bridgehead atoms. The summed E-state index contributed by atoms with van der Waals surface area (Å²) in [7, 11) is -1.49. The Hall–Kier alpha value is -2.63. The van der Waals surface area contributed by atoms with Gasteiger partial charge in [-0.25, -0.2) is 0 Å². The van der Waals surface area contributed by atoms with Gasteiger partial charge in [-0.05, 0) is 28.7 Å². The lowest BCUT2D eigenvalue weighted by Gasteiger charge is -2.35. The normalized spacial score (nSPS) is 14.7. The number of rotatable bonds is 1. The summed E-state index contributed by atoms with van der Waals surface area (Å²) in [5.41, 5.74) is 5.91. The minimum absolute atomic E-state index is 0.239. The molecule has 0 aliphatic carbocycles. The lowest BCUT2D eigenvalue weighted by atomic mass is 9.70. The Morgan fingerprint density at radius 3 is 2.60 bits per heavy atom. The Balaban J connectivity index is 2.10. The molecule has 0 spiro atoms. The lowest BCUT2D eigenvalue weighted by molar-refractivity contribution is 0.425. The highest BCUT2D eigenvalue weighted by Crippen LogP contribution is 2.46. The standard InChI is InChI=1S/C20H17BN2O2/c1-20(2)15-5-3-4-6-17(15)23-18-11-22-8-7-13(18)14-9-12(21(24)25)10-16(20)19(14)23/h3-11,24-25H,1-2H3. The van der Waals surface area contributed by atoms with Gasteiger partial charge < -0.3 is 14.6 Å². The second kappa shape index (κ2) is 4.72. The number of hydrogen-bond donors (Lipinski definition) is 2. The first-order chi connectivity index (χ1) is 12.0. The molecule has 4 nitrogen and oxygen atoms in total. The van der Waals surface area contributed by atoms with Crippen molar-refractivity contribution in [2.75, 3.05) is 0 Å². The minimum Gasteiger partial charge on any atom is -0.423 e. The first kappa shape index (κ1) is 14.7. The van der Waals surface area contributed by atoms with Gasteiger partial charge in [0, 0.05) is 22.4 Å². The highest BCUT2D eigenvalue weighted by atomic mass is 16.4. The molecule has 0 saturated heterocycles. The second-order valence-corrected chi connectivity index (χ2v) is 7.21. The van der Waals surface area contributed by atoms with Crippen molar-refractivity contribution in [1.29, 1.82) is 0 Å². The molecule has 0 atom stereocenters. The van der Waals surface area contributed by atoms with Crippen LogP contribution in [0.3, 0.4) is 0 Å². The number of fused-ring (bicyclic) bond motifs is 5. The van der Waals surface area contributed by atoms with Crippen molar-refractivity contribution in [1.82, 2.24) is 9.55 Å². The summed E-state index contributed by atoms with van der Waals surface area (Å²) in [6.07, 6.45) is 3.66. The summed E-state index contributed by atoms with van der Waals surface area (Å²) < 4.78 is 2.25. The van der Waals surface area contributed by atoms with Crippen LogP contribution in [0, 0.1) is 0 Å². The van der Waals surface area contributed by atoms with Crippen LogP contribution in [0.1, 0.15) is 25.0 Å². The molecule has 2 aromatic carbocycles. The van der Waals surface area contributed by atoms with Gasteiger partial charge in [-0.1, -0.05) is 44.2 Å². The molecule has 0 radical (unpaired) electrons. The molecular weight excluding hydrogens is 311 g/mol. The van der Waals surface area contributed by atoms with Gasteiger partial charge in [0.05, 0.1) is 22.9 Å². The van der Waals surface area contributed by atoms with Gasteiger partial charge >= 0.3 is 7.12 Å². The van der Waals surface area contributed by atoms with E-state index in [0.717, 1.165) is 33.1 Å². The summed E-state index contributed by atoms with van der Waals surface area (Å²) in [6, 6.07) is 14.2. The fourth-order valence-corrected chi connectivity index (χ4v) is 4.23. The van der Waals surface area contributed by atoms with Gasteiger partial charge in [-0.2, -0.15) is 0 Å². The van der Waals surface area contributed by atoms with Crippen LogP contribution < -0.4 is 5.46 Å². The maximum Gasteiger partial charge on any atom is 0.488 e. The van der Waals surface area contributed by atoms with E-state index in [1.807, 2.05) is 24.4 Å². The summed E-state index contributed by atoms with van der Waals surface area (Å²) in [5, 5.41) is 21.7. The molecule has 25 heavy (non-hydrogen) atoms. The van der Waals surface area contributed by atoms with E-state index >= 15 is 0 Å². The summed E-state index contributed by atoms with van der Waals surface area (Å²) in [4.78, 5) is 4.32. The Bertz CT molecular complexity index is 1160. The minimum atomic E-state index is -1.49. The lowest BCUT2D eigenvalue weighted by Crippen LogP contribution is -2.33. The Morgan fingerprint density at radius 2 is 1.80 bits per heavy atom. The van der Waals surface area contributed by atoms with Crippen LogP contribution in [0.15, 0.2) is 54.9 Å². The number of para-hydroxylation sites is 1. The third-order valence-corrected chi connectivity index (χ3v) is 5.48. The van der Waals surface area contributed by atoms with Crippen molar-refractivity contribution in [3.63, 3.8) is 0 Å². The van der Waals surface area contributed by atoms with E-state index in [4.69, 9.17) is 0 Å². The average Bonchev–Trinajstić information content (AvgIpc) is 2.94. The first-order valence-corrected chi connectivity index (χ1v) is 8.39. The molecule has 1 aliphatic heterocycles. The molecule has 5 rings (SSSR count). The summed E-state index contributed by atoms with van der Waals surface area (Å²) >= 11 is 0. The largest absolute Gasteiger partial charge is 0.488 e. The molecule has 4 aromatic rings. The van der Waals surface area contributed by atoms with Gasteiger partial charge in [0.25, 0.3) is 0 Å². The number of benzene rings is 2. The Morgan fingerprint density at radius 1 is 1.00 bits per heavy atom. The highest BCUT2D eigenvalue weighted by Gasteiger charge is 2.36. The van der Waals surface area contributed by atoms with E-state index in [0.29, 0.717) is 5.46 Å². The fourth-order valence-electron chi connectivity index (χ4n) is 4.23. The molecular formula is C20H17BN2O2. The topological polar surface area (TPSA) is 58.3 Å². The zero-order valence-electron chi connectivity index (χ0n) is 14.1. The van der Waals surface area contributed by atoms with E-state index in [-0.39, 0.29) is 5.41 Å². The van der Waals surface area contributed by atoms with Crippen LogP contribution >= 0.6 is 0 Å². The molecule has 0 unspecified atom stereocenters. The molecule has 122 valence electrons. The molecule has 0 saturated carbocycles. The van der Waals surface area contributed by atoms with Gasteiger partial charge in [-0.15, -0.1) is 0 Å². The number of pyridine rings is 1. The maximum absolute atomic E-state index is 9.80. The van der Waals surface area contributed by atoms with Crippen LogP contribution in [0.25, 0.3) is 27.5 Å². The third kappa shape index (κ3) is 1.77. The van der Waals surface area contributed by atoms with Crippen LogP contribution in [-0.4, -0.2) is 26.7 Å². The third-order valence-electron chi connectivity index (χ3n) is 5.48. The molecule has 2 aromatic heterocycles. The van der Waals surface area contributed by atoms with Crippen LogP contribution in [0.2, 0.25) is 0 Å². The zero-order valence-corrected chi connectivity index (χ0v) is 14.1. The van der Waals surface area contributed by atoms with Crippen molar-refractivity contribution in [3.05, 3.63) is 66.0 Å². The Labute approximate surface area is 145 Å². The Kier molecular flexibility index (Phi) is 2.77. The number of aromatic nitrogens is 2. The second-order valence-electron chi connectivity index (χ2n) is 7.21. The molecule has 0 fully saturated rings. The van der Waals surface area contributed by atoms with E-state index in [2.05, 4.69) is 47.7 Å². The highest BCUT2D eigenvalue weighted by molar-refractivity contribution is 6.59. The van der Waals surface area contributed by atoms with Gasteiger partial charge in [-0.3, -0.25) is 4.98 Å². The van der Waals surface area contributed by atoms with Gasteiger partial charge in [0.2, 0.25) is 0 Å². The number of nitrogens with zero attached hydrogens (tertiary/aromatic N) is 2. The van der Waals surface area contributed by atoms with E-state index in [1.165, 1.54) is 5.56 Å². The van der Waals surface area contributed by atoms with E-state index in [1.54, 1.807) is 6.20 Å². The summed E-state index contributed by atoms with van der Waals surface area (Å²) in [5.74, 6) is 0. The van der Waals surface area contributed by atoms with Crippen LogP contribution in [0.5, 0.6) is 0 Å². The van der Waals surface area contributed by atoms with Crippen LogP contribution in [0.4, 0.5) is 0 Å². The molecule has 5 heteroatoms. The van der Waals surface area contributed by atoms with Crippen LogP contribution in [-0.2, 0) is 5.41 Å². The van der Waals surface area contributed by atoms with Crippen molar-refractivity contribution >= 4 is 34.4 Å². The van der Waals surface area contributed by atoms with Crippen molar-refractivity contribution in [2.45, 2.75) is 19.3 Å². The predicted octanol–water partition coefficient (Wildman–Crippen LogP) is 2.50. The van der Waals surface area contributed by atoms with E-state index in [9.17, 15) is 10.0 Å². The monoisotopic (exact) mass is 328 g/mol. The zero-order chi connectivity index (χ0) is 17.3. The van der Waals surface area contributed by atoms with Gasteiger partial charge in [0.15, 0.2) is 0 Å². The molecule has 3 heterocycles. The van der Waals surface area contributed by atoms with Gasteiger partial charge in [0.1, 0.15) is 0 Å². The van der Waals surface area contributed by atoms with E-state index < -0.39 is 7.12 Å². The smallest absolute Gasteiger partial charge is 0.423 e. The number of hydrogen-bond acceptors (Lipinski definition) is 3. The molecule has 2 N–H and O–H groups in total. The van der Waals surface area contributed by atoms with Crippen molar-refractivity contribution < 1.29 is 10.0 Å². The van der Waals surface area contributed by atoms with Crippen molar-refractivity contribution in [2.24, 2.45) is 0 Å².